The third kappa shape index (κ3) is 13.8. The van der Waals surface area contributed by atoms with Crippen molar-refractivity contribution >= 4 is 11.9 Å². The number of aliphatic hydroxyl groups excluding tert-OH is 1. The van der Waals surface area contributed by atoms with Gasteiger partial charge in [-0.05, 0) is 13.3 Å². The summed E-state index contributed by atoms with van der Waals surface area (Å²) in [6, 6.07) is 0. The predicted molar refractivity (Wildman–Crippen MR) is 46.4 cm³/mol. The molecule has 0 rings (SSSR count). The van der Waals surface area contributed by atoms with Crippen molar-refractivity contribution in [3.63, 3.8) is 0 Å². The molecule has 0 amide bonds. The molecule has 5 heteroatoms. The van der Waals surface area contributed by atoms with E-state index in [0.29, 0.717) is 0 Å². The van der Waals surface area contributed by atoms with Gasteiger partial charge >= 0.3 is 11.9 Å². The first kappa shape index (κ1) is 14.4. The summed E-state index contributed by atoms with van der Waals surface area (Å²) >= 11 is 0. The van der Waals surface area contributed by atoms with Crippen molar-refractivity contribution in [3.05, 3.63) is 0 Å². The molecule has 0 bridgehead atoms. The van der Waals surface area contributed by atoms with Gasteiger partial charge in [-0.15, -0.1) is 0 Å². The lowest BCUT2D eigenvalue weighted by atomic mass is 10.1. The summed E-state index contributed by atoms with van der Waals surface area (Å²) in [5.41, 5.74) is 0. The second-order valence-corrected chi connectivity index (χ2v) is 2.49. The third-order valence-electron chi connectivity index (χ3n) is 1.21. The number of aliphatic hydroxyl groups is 1. The number of hydrogen-bond donors (Lipinski definition) is 3. The number of carbonyl (C=O) groups is 2. The van der Waals surface area contributed by atoms with Crippen molar-refractivity contribution in [3.8, 4) is 0 Å². The van der Waals surface area contributed by atoms with E-state index in [2.05, 4.69) is 0 Å². The molecule has 0 aliphatic carbocycles. The van der Waals surface area contributed by atoms with Crippen LogP contribution in [-0.4, -0.2) is 33.9 Å². The lowest BCUT2D eigenvalue weighted by Crippen LogP contribution is -2.11. The highest BCUT2D eigenvalue weighted by atomic mass is 16.4. The second-order valence-electron chi connectivity index (χ2n) is 2.49. The van der Waals surface area contributed by atoms with Gasteiger partial charge in [0.15, 0.2) is 0 Å². The lowest BCUT2D eigenvalue weighted by molar-refractivity contribution is -0.142. The van der Waals surface area contributed by atoms with Gasteiger partial charge in [-0.1, -0.05) is 6.92 Å². The molecule has 0 aliphatic rings. The van der Waals surface area contributed by atoms with Crippen LogP contribution in [0.25, 0.3) is 0 Å². The van der Waals surface area contributed by atoms with E-state index in [1.54, 1.807) is 6.92 Å². The Labute approximate surface area is 77.0 Å². The first-order valence-electron chi connectivity index (χ1n) is 4.01. The maximum absolute atomic E-state index is 10.1. The molecule has 1 unspecified atom stereocenters. The lowest BCUT2D eigenvalue weighted by Gasteiger charge is -2.01. The molecule has 0 radical (unpaired) electrons. The minimum atomic E-state index is -0.951. The van der Waals surface area contributed by atoms with E-state index in [4.69, 9.17) is 15.3 Å². The van der Waals surface area contributed by atoms with Crippen molar-refractivity contribution in [1.82, 2.24) is 0 Å². The number of aliphatic carboxylic acids is 2. The molecule has 0 saturated carbocycles. The Balaban J connectivity index is 0. The SMILES string of the molecule is CC(CCC(=O)O)C(=O)O.CCO. The van der Waals surface area contributed by atoms with Gasteiger partial charge in [0, 0.05) is 13.0 Å². The quantitative estimate of drug-likeness (QED) is 0.605. The van der Waals surface area contributed by atoms with Crippen LogP contribution in [0.1, 0.15) is 26.7 Å². The van der Waals surface area contributed by atoms with Gasteiger partial charge in [0.05, 0.1) is 5.92 Å². The summed E-state index contributed by atoms with van der Waals surface area (Å²) in [6.07, 6.45) is 0.123. The molecule has 0 saturated heterocycles. The van der Waals surface area contributed by atoms with Crippen LogP contribution in [0.15, 0.2) is 0 Å². The number of hydrogen-bond acceptors (Lipinski definition) is 3. The van der Waals surface area contributed by atoms with E-state index in [1.807, 2.05) is 0 Å². The van der Waals surface area contributed by atoms with E-state index in [1.165, 1.54) is 6.92 Å². The fourth-order valence-corrected chi connectivity index (χ4v) is 0.463. The van der Waals surface area contributed by atoms with Gasteiger partial charge in [-0.2, -0.15) is 0 Å². The van der Waals surface area contributed by atoms with Crippen molar-refractivity contribution in [2.45, 2.75) is 26.7 Å². The van der Waals surface area contributed by atoms with E-state index in [-0.39, 0.29) is 19.4 Å². The first-order chi connectivity index (χ1) is 5.95. The molecule has 0 spiro atoms. The van der Waals surface area contributed by atoms with Crippen LogP contribution < -0.4 is 0 Å². The summed E-state index contributed by atoms with van der Waals surface area (Å²) in [5, 5.41) is 24.0. The fourth-order valence-electron chi connectivity index (χ4n) is 0.463. The van der Waals surface area contributed by atoms with E-state index < -0.39 is 17.9 Å². The maximum Gasteiger partial charge on any atom is 0.306 e. The van der Waals surface area contributed by atoms with Crippen LogP contribution in [0, 0.1) is 5.92 Å². The van der Waals surface area contributed by atoms with Crippen molar-refractivity contribution in [2.75, 3.05) is 6.61 Å². The molecular weight excluding hydrogens is 176 g/mol. The Morgan fingerprint density at radius 1 is 1.31 bits per heavy atom. The molecule has 0 heterocycles. The topological polar surface area (TPSA) is 94.8 Å². The summed E-state index contributed by atoms with van der Waals surface area (Å²) < 4.78 is 0. The molecule has 5 nitrogen and oxygen atoms in total. The fraction of sp³-hybridized carbons (Fsp3) is 0.750. The van der Waals surface area contributed by atoms with Crippen LogP contribution in [0.2, 0.25) is 0 Å². The molecule has 13 heavy (non-hydrogen) atoms. The molecule has 0 aromatic carbocycles. The highest BCUT2D eigenvalue weighted by Crippen LogP contribution is 2.04. The van der Waals surface area contributed by atoms with Crippen LogP contribution in [0.3, 0.4) is 0 Å². The standard InChI is InChI=1S/C6H10O4.C2H6O/c1-4(6(9)10)2-3-5(7)8;1-2-3/h4H,2-3H2,1H3,(H,7,8)(H,9,10);3H,2H2,1H3. The molecule has 0 fully saturated rings. The van der Waals surface area contributed by atoms with Gasteiger partial charge in [-0.25, -0.2) is 0 Å². The minimum absolute atomic E-state index is 0.0759. The van der Waals surface area contributed by atoms with E-state index in [9.17, 15) is 9.59 Å². The van der Waals surface area contributed by atoms with Crippen LogP contribution in [0.4, 0.5) is 0 Å². The average Bonchev–Trinajstić information content (AvgIpc) is 2.01. The van der Waals surface area contributed by atoms with Crippen LogP contribution in [0.5, 0.6) is 0 Å². The molecule has 1 atom stereocenters. The number of carboxylic acid groups (broad SMARTS) is 2. The minimum Gasteiger partial charge on any atom is -0.481 e. The Kier molecular flexibility index (Phi) is 9.98. The smallest absolute Gasteiger partial charge is 0.306 e. The van der Waals surface area contributed by atoms with Crippen molar-refractivity contribution < 1.29 is 24.9 Å². The van der Waals surface area contributed by atoms with Crippen LogP contribution >= 0.6 is 0 Å². The summed E-state index contributed by atoms with van der Waals surface area (Å²) in [5.74, 6) is -2.45. The van der Waals surface area contributed by atoms with Crippen LogP contribution in [-0.2, 0) is 9.59 Å². The predicted octanol–water partition coefficient (Wildman–Crippen LogP) is 0.570. The Bertz CT molecular complexity index is 155. The maximum atomic E-state index is 10.1. The van der Waals surface area contributed by atoms with E-state index >= 15 is 0 Å². The van der Waals surface area contributed by atoms with Crippen molar-refractivity contribution in [1.29, 1.82) is 0 Å². The second kappa shape index (κ2) is 8.99. The Hall–Kier alpha value is -1.10. The zero-order chi connectivity index (χ0) is 10.9. The molecule has 0 aromatic rings. The van der Waals surface area contributed by atoms with E-state index in [0.717, 1.165) is 0 Å². The summed E-state index contributed by atoms with van der Waals surface area (Å²) in [7, 11) is 0. The van der Waals surface area contributed by atoms with Gasteiger partial charge < -0.3 is 15.3 Å². The molecule has 3 N–H and O–H groups in total. The van der Waals surface area contributed by atoms with Gasteiger partial charge in [0.1, 0.15) is 0 Å². The van der Waals surface area contributed by atoms with Crippen molar-refractivity contribution in [2.24, 2.45) is 5.92 Å². The largest absolute Gasteiger partial charge is 0.481 e. The molecule has 78 valence electrons. The van der Waals surface area contributed by atoms with Gasteiger partial charge in [-0.3, -0.25) is 9.59 Å². The highest BCUT2D eigenvalue weighted by molar-refractivity contribution is 5.71. The zero-order valence-electron chi connectivity index (χ0n) is 7.86. The summed E-state index contributed by atoms with van der Waals surface area (Å²) in [6.45, 7) is 3.42. The monoisotopic (exact) mass is 192 g/mol. The molecular formula is C8H16O5. The average molecular weight is 192 g/mol. The third-order valence-corrected chi connectivity index (χ3v) is 1.21. The first-order valence-corrected chi connectivity index (χ1v) is 4.01. The number of carboxylic acids is 2. The highest BCUT2D eigenvalue weighted by Gasteiger charge is 2.11. The normalized spacial score (nSPS) is 11.0. The molecule has 0 aliphatic heterocycles. The van der Waals surface area contributed by atoms with Gasteiger partial charge in [0.2, 0.25) is 0 Å². The van der Waals surface area contributed by atoms with Gasteiger partial charge in [0.25, 0.3) is 0 Å². The zero-order valence-corrected chi connectivity index (χ0v) is 7.86. The Morgan fingerprint density at radius 3 is 1.92 bits per heavy atom. The molecule has 0 aromatic heterocycles. The summed E-state index contributed by atoms with van der Waals surface area (Å²) in [4.78, 5) is 20.1. The number of rotatable bonds is 4. The Morgan fingerprint density at radius 2 is 1.69 bits per heavy atom.